The molecule has 0 aliphatic carbocycles. The summed E-state index contributed by atoms with van der Waals surface area (Å²) in [6.45, 7) is 2.76. The van der Waals surface area contributed by atoms with Crippen molar-refractivity contribution in [3.05, 3.63) is 29.8 Å². The van der Waals surface area contributed by atoms with Gasteiger partial charge in [0.2, 0.25) is 5.91 Å². The second-order valence-electron chi connectivity index (χ2n) is 3.55. The van der Waals surface area contributed by atoms with Gasteiger partial charge in [-0.3, -0.25) is 4.79 Å². The van der Waals surface area contributed by atoms with Crippen molar-refractivity contribution in [3.8, 4) is 0 Å². The van der Waals surface area contributed by atoms with Crippen molar-refractivity contribution in [2.45, 2.75) is 23.6 Å². The van der Waals surface area contributed by atoms with E-state index in [0.717, 1.165) is 11.4 Å². The van der Waals surface area contributed by atoms with Crippen molar-refractivity contribution >= 4 is 17.7 Å². The quantitative estimate of drug-likeness (QED) is 0.766. The molecule has 2 N–H and O–H groups in total. The van der Waals surface area contributed by atoms with E-state index < -0.39 is 0 Å². The summed E-state index contributed by atoms with van der Waals surface area (Å²) in [7, 11) is 3.59. The maximum atomic E-state index is 11.4. The summed E-state index contributed by atoms with van der Waals surface area (Å²) in [5.41, 5.74) is 1.23. The zero-order chi connectivity index (χ0) is 12.0. The predicted molar refractivity (Wildman–Crippen MR) is 68.6 cm³/mol. The van der Waals surface area contributed by atoms with Gasteiger partial charge in [-0.1, -0.05) is 12.1 Å². The molecule has 4 heteroatoms. The topological polar surface area (TPSA) is 41.1 Å². The second-order valence-corrected chi connectivity index (χ2v) is 4.97. The minimum atomic E-state index is -0.0603. The van der Waals surface area contributed by atoms with E-state index in [9.17, 15) is 4.79 Å². The van der Waals surface area contributed by atoms with Gasteiger partial charge < -0.3 is 10.6 Å². The van der Waals surface area contributed by atoms with Gasteiger partial charge in [-0.05, 0) is 31.7 Å². The summed E-state index contributed by atoms with van der Waals surface area (Å²) in [5.74, 6) is 0.0593. The zero-order valence-electron chi connectivity index (χ0n) is 9.91. The first-order valence-electron chi connectivity index (χ1n) is 5.29. The average Bonchev–Trinajstić information content (AvgIpc) is 2.29. The van der Waals surface area contributed by atoms with Gasteiger partial charge in [-0.2, -0.15) is 0 Å². The van der Waals surface area contributed by atoms with Gasteiger partial charge in [-0.15, -0.1) is 11.8 Å². The number of rotatable bonds is 5. The van der Waals surface area contributed by atoms with Crippen LogP contribution < -0.4 is 10.6 Å². The first-order chi connectivity index (χ1) is 7.67. The molecule has 0 aromatic heterocycles. The van der Waals surface area contributed by atoms with Crippen LogP contribution in [0.5, 0.6) is 0 Å². The van der Waals surface area contributed by atoms with E-state index in [0.29, 0.717) is 0 Å². The third-order valence-corrected chi connectivity index (χ3v) is 3.30. The molecule has 0 saturated carbocycles. The maximum absolute atomic E-state index is 11.4. The van der Waals surface area contributed by atoms with Crippen LogP contribution in [-0.4, -0.2) is 25.3 Å². The molecule has 1 aromatic rings. The molecule has 1 unspecified atom stereocenters. The third-order valence-electron chi connectivity index (χ3n) is 2.21. The average molecular weight is 238 g/mol. The highest BCUT2D eigenvalue weighted by Gasteiger charge is 2.12. The van der Waals surface area contributed by atoms with Crippen LogP contribution in [0.25, 0.3) is 0 Å². The lowest BCUT2D eigenvalue weighted by Gasteiger charge is -2.10. The van der Waals surface area contributed by atoms with Crippen LogP contribution in [0, 0.1) is 0 Å². The number of carbonyl (C=O) groups is 1. The Kier molecular flexibility index (Phi) is 5.35. The van der Waals surface area contributed by atoms with E-state index in [1.807, 2.05) is 26.1 Å². The predicted octanol–water partition coefficient (Wildman–Crippen LogP) is 1.63. The third kappa shape index (κ3) is 3.87. The molecular weight excluding hydrogens is 220 g/mol. The van der Waals surface area contributed by atoms with E-state index in [-0.39, 0.29) is 11.2 Å². The molecule has 88 valence electrons. The summed E-state index contributed by atoms with van der Waals surface area (Å²) in [5, 5.41) is 5.70. The molecule has 0 bridgehead atoms. The number of nitrogens with one attached hydrogen (secondary N) is 2. The molecule has 3 nitrogen and oxygen atoms in total. The van der Waals surface area contributed by atoms with Gasteiger partial charge in [0.25, 0.3) is 0 Å². The van der Waals surface area contributed by atoms with Crippen molar-refractivity contribution in [3.63, 3.8) is 0 Å². The van der Waals surface area contributed by atoms with Gasteiger partial charge in [0, 0.05) is 18.5 Å². The lowest BCUT2D eigenvalue weighted by atomic mass is 10.2. The van der Waals surface area contributed by atoms with Crippen LogP contribution in [-0.2, 0) is 11.3 Å². The Morgan fingerprint density at radius 3 is 2.81 bits per heavy atom. The largest absolute Gasteiger partial charge is 0.358 e. The van der Waals surface area contributed by atoms with Crippen LogP contribution in [0.15, 0.2) is 29.2 Å². The summed E-state index contributed by atoms with van der Waals surface area (Å²) >= 11 is 1.58. The van der Waals surface area contributed by atoms with E-state index in [1.54, 1.807) is 18.8 Å². The first kappa shape index (κ1) is 13.1. The molecule has 1 aromatic carbocycles. The smallest absolute Gasteiger partial charge is 0.232 e. The number of amides is 1. The van der Waals surface area contributed by atoms with Crippen molar-refractivity contribution in [1.29, 1.82) is 0 Å². The van der Waals surface area contributed by atoms with Gasteiger partial charge in [0.15, 0.2) is 0 Å². The second kappa shape index (κ2) is 6.55. The summed E-state index contributed by atoms with van der Waals surface area (Å²) in [6.07, 6.45) is 0. The molecule has 1 atom stereocenters. The molecule has 0 saturated heterocycles. The molecule has 0 spiro atoms. The van der Waals surface area contributed by atoms with E-state index in [4.69, 9.17) is 0 Å². The van der Waals surface area contributed by atoms with Crippen LogP contribution in [0.1, 0.15) is 12.5 Å². The van der Waals surface area contributed by atoms with Crippen LogP contribution in [0.2, 0.25) is 0 Å². The minimum Gasteiger partial charge on any atom is -0.358 e. The lowest BCUT2D eigenvalue weighted by Crippen LogP contribution is -2.27. The Hall–Kier alpha value is -1.00. The Morgan fingerprint density at radius 1 is 1.44 bits per heavy atom. The molecule has 1 rings (SSSR count). The Balaban J connectivity index is 2.66. The minimum absolute atomic E-state index is 0.0593. The van der Waals surface area contributed by atoms with Crippen molar-refractivity contribution in [2.75, 3.05) is 14.1 Å². The Bertz CT molecular complexity index is 355. The molecule has 0 fully saturated rings. The molecular formula is C12H18N2OS. The Labute approximate surface area is 101 Å². The van der Waals surface area contributed by atoms with Crippen LogP contribution in [0.4, 0.5) is 0 Å². The maximum Gasteiger partial charge on any atom is 0.232 e. The van der Waals surface area contributed by atoms with Crippen molar-refractivity contribution < 1.29 is 4.79 Å². The van der Waals surface area contributed by atoms with E-state index in [2.05, 4.69) is 22.8 Å². The lowest BCUT2D eigenvalue weighted by molar-refractivity contribution is -0.119. The fourth-order valence-corrected chi connectivity index (χ4v) is 2.40. The summed E-state index contributed by atoms with van der Waals surface area (Å²) in [4.78, 5) is 12.5. The number of hydrogen-bond donors (Lipinski definition) is 2. The van der Waals surface area contributed by atoms with E-state index >= 15 is 0 Å². The fraction of sp³-hybridized carbons (Fsp3) is 0.417. The highest BCUT2D eigenvalue weighted by molar-refractivity contribution is 8.00. The summed E-state index contributed by atoms with van der Waals surface area (Å²) < 4.78 is 0. The number of hydrogen-bond acceptors (Lipinski definition) is 3. The standard InChI is InChI=1S/C12H18N2OS/c1-9(12(15)14-3)16-11-6-4-5-10(7-11)8-13-2/h4-7,9,13H,8H2,1-3H3,(H,14,15). The SMILES string of the molecule is CNCc1cccc(SC(C)C(=O)NC)c1. The molecule has 16 heavy (non-hydrogen) atoms. The highest BCUT2D eigenvalue weighted by atomic mass is 32.2. The first-order valence-corrected chi connectivity index (χ1v) is 6.17. The molecule has 1 amide bonds. The van der Waals surface area contributed by atoms with Gasteiger partial charge in [-0.25, -0.2) is 0 Å². The monoisotopic (exact) mass is 238 g/mol. The zero-order valence-corrected chi connectivity index (χ0v) is 10.7. The van der Waals surface area contributed by atoms with Crippen molar-refractivity contribution in [2.24, 2.45) is 0 Å². The number of carbonyl (C=O) groups excluding carboxylic acids is 1. The molecule has 0 radical (unpaired) electrons. The number of benzene rings is 1. The molecule has 0 heterocycles. The molecule has 0 aliphatic rings. The Morgan fingerprint density at radius 2 is 2.19 bits per heavy atom. The summed E-state index contributed by atoms with van der Waals surface area (Å²) in [6, 6.07) is 8.24. The van der Waals surface area contributed by atoms with Gasteiger partial charge in [0.05, 0.1) is 5.25 Å². The number of thioether (sulfide) groups is 1. The normalized spacial score (nSPS) is 12.2. The fourth-order valence-electron chi connectivity index (χ4n) is 1.39. The highest BCUT2D eigenvalue weighted by Crippen LogP contribution is 2.24. The van der Waals surface area contributed by atoms with Gasteiger partial charge >= 0.3 is 0 Å². The van der Waals surface area contributed by atoms with Crippen LogP contribution >= 0.6 is 11.8 Å². The van der Waals surface area contributed by atoms with Crippen molar-refractivity contribution in [1.82, 2.24) is 10.6 Å². The van der Waals surface area contributed by atoms with Gasteiger partial charge in [0.1, 0.15) is 0 Å². The molecule has 0 aliphatic heterocycles. The van der Waals surface area contributed by atoms with Crippen LogP contribution in [0.3, 0.4) is 0 Å². The van der Waals surface area contributed by atoms with E-state index in [1.165, 1.54) is 5.56 Å².